The molecule has 6 heteroatoms. The zero-order chi connectivity index (χ0) is 14.4. The number of carbonyl (C=O) groups is 2. The van der Waals surface area contributed by atoms with Gasteiger partial charge in [0.15, 0.2) is 0 Å². The summed E-state index contributed by atoms with van der Waals surface area (Å²) in [6.07, 6.45) is 1.07. The molecule has 1 saturated heterocycles. The third-order valence-electron chi connectivity index (χ3n) is 3.11. The fraction of sp³-hybridized carbons (Fsp3) is 0.846. The van der Waals surface area contributed by atoms with Crippen molar-refractivity contribution < 1.29 is 14.3 Å². The molecule has 0 unspecified atom stereocenters. The van der Waals surface area contributed by atoms with E-state index in [9.17, 15) is 9.59 Å². The van der Waals surface area contributed by atoms with Gasteiger partial charge in [0, 0.05) is 19.1 Å². The fourth-order valence-electron chi connectivity index (χ4n) is 2.14. The summed E-state index contributed by atoms with van der Waals surface area (Å²) in [7, 11) is 0. The van der Waals surface area contributed by atoms with Crippen LogP contribution in [0.1, 0.15) is 34.1 Å². The van der Waals surface area contributed by atoms with Crippen LogP contribution in [-0.4, -0.2) is 54.7 Å². The van der Waals surface area contributed by atoms with Crippen LogP contribution in [-0.2, 0) is 9.53 Å². The number of amides is 3. The lowest BCUT2D eigenvalue weighted by atomic mass is 10.2. The number of hydrogen-bond donors (Lipinski definition) is 2. The zero-order valence-corrected chi connectivity index (χ0v) is 12.2. The Labute approximate surface area is 114 Å². The molecule has 1 heterocycles. The zero-order valence-electron chi connectivity index (χ0n) is 12.2. The second-order valence-electron chi connectivity index (χ2n) is 5.28. The van der Waals surface area contributed by atoms with Gasteiger partial charge in [0.2, 0.25) is 5.91 Å². The number of nitrogens with zero attached hydrogens (tertiary/aromatic N) is 1. The number of nitrogens with one attached hydrogen (secondary N) is 2. The van der Waals surface area contributed by atoms with Crippen LogP contribution in [0.25, 0.3) is 0 Å². The topological polar surface area (TPSA) is 70.7 Å². The monoisotopic (exact) mass is 271 g/mol. The summed E-state index contributed by atoms with van der Waals surface area (Å²) >= 11 is 0. The van der Waals surface area contributed by atoms with E-state index in [1.165, 1.54) is 0 Å². The summed E-state index contributed by atoms with van der Waals surface area (Å²) in [6.45, 7) is 9.49. The maximum Gasteiger partial charge on any atom is 0.321 e. The fourth-order valence-corrected chi connectivity index (χ4v) is 2.14. The molecule has 2 N–H and O–H groups in total. The highest BCUT2D eigenvalue weighted by molar-refractivity contribution is 5.95. The van der Waals surface area contributed by atoms with Crippen LogP contribution in [0.5, 0.6) is 0 Å². The number of rotatable bonds is 4. The van der Waals surface area contributed by atoms with Gasteiger partial charge in [-0.1, -0.05) is 6.92 Å². The van der Waals surface area contributed by atoms with E-state index in [-0.39, 0.29) is 30.7 Å². The lowest BCUT2D eigenvalue weighted by Gasteiger charge is -2.34. The van der Waals surface area contributed by atoms with Crippen molar-refractivity contribution in [3.63, 3.8) is 0 Å². The van der Waals surface area contributed by atoms with Gasteiger partial charge in [0.25, 0.3) is 0 Å². The SMILES string of the molecule is CC[C@@H](C)NC(=O)NC(=O)CN1C[C@@H](C)O[C@@H](C)C1. The van der Waals surface area contributed by atoms with E-state index >= 15 is 0 Å². The summed E-state index contributed by atoms with van der Waals surface area (Å²) in [5.41, 5.74) is 0. The Hall–Kier alpha value is -1.14. The second kappa shape index (κ2) is 7.45. The van der Waals surface area contributed by atoms with Crippen molar-refractivity contribution in [2.24, 2.45) is 0 Å². The average molecular weight is 271 g/mol. The van der Waals surface area contributed by atoms with E-state index in [4.69, 9.17) is 4.74 Å². The normalized spacial score (nSPS) is 25.7. The minimum absolute atomic E-state index is 0.0660. The van der Waals surface area contributed by atoms with Crippen molar-refractivity contribution in [1.82, 2.24) is 15.5 Å². The van der Waals surface area contributed by atoms with Crippen LogP contribution >= 0.6 is 0 Å². The molecule has 6 nitrogen and oxygen atoms in total. The molecule has 1 fully saturated rings. The number of carbonyl (C=O) groups excluding carboxylic acids is 2. The lowest BCUT2D eigenvalue weighted by molar-refractivity contribution is -0.124. The van der Waals surface area contributed by atoms with E-state index in [2.05, 4.69) is 10.6 Å². The Kier molecular flexibility index (Phi) is 6.24. The first-order valence-corrected chi connectivity index (χ1v) is 6.88. The first-order valence-electron chi connectivity index (χ1n) is 6.88. The van der Waals surface area contributed by atoms with Crippen molar-refractivity contribution in [2.45, 2.75) is 52.4 Å². The average Bonchev–Trinajstić information content (AvgIpc) is 2.26. The number of urea groups is 1. The van der Waals surface area contributed by atoms with Crippen LogP contribution in [0, 0.1) is 0 Å². The molecule has 0 aromatic carbocycles. The molecule has 0 radical (unpaired) electrons. The van der Waals surface area contributed by atoms with Crippen LogP contribution in [0.2, 0.25) is 0 Å². The minimum Gasteiger partial charge on any atom is -0.373 e. The quantitative estimate of drug-likeness (QED) is 0.790. The standard InChI is InChI=1S/C13H25N3O3/c1-5-9(2)14-13(18)15-12(17)8-16-6-10(3)19-11(4)7-16/h9-11H,5-8H2,1-4H3,(H2,14,15,17,18)/t9-,10-,11+/m1/s1. The smallest absolute Gasteiger partial charge is 0.321 e. The van der Waals surface area contributed by atoms with Crippen LogP contribution in [0.15, 0.2) is 0 Å². The van der Waals surface area contributed by atoms with Gasteiger partial charge in [0.1, 0.15) is 0 Å². The molecule has 3 amide bonds. The maximum absolute atomic E-state index is 11.8. The number of imide groups is 1. The van der Waals surface area contributed by atoms with E-state index in [0.29, 0.717) is 13.1 Å². The molecular weight excluding hydrogens is 246 g/mol. The van der Waals surface area contributed by atoms with E-state index in [0.717, 1.165) is 6.42 Å². The molecule has 0 spiro atoms. The number of morpholine rings is 1. The summed E-state index contributed by atoms with van der Waals surface area (Å²) in [6, 6.07) is -0.357. The first kappa shape index (κ1) is 15.9. The Morgan fingerprint density at radius 2 is 1.89 bits per heavy atom. The van der Waals surface area contributed by atoms with Gasteiger partial charge in [-0.25, -0.2) is 4.79 Å². The Balaban J connectivity index is 2.32. The Bertz CT molecular complexity index is 312. The summed E-state index contributed by atoms with van der Waals surface area (Å²) < 4.78 is 5.59. The van der Waals surface area contributed by atoms with Crippen molar-refractivity contribution in [2.75, 3.05) is 19.6 Å². The van der Waals surface area contributed by atoms with Gasteiger partial charge < -0.3 is 10.1 Å². The molecule has 0 bridgehead atoms. The predicted molar refractivity (Wildman–Crippen MR) is 72.9 cm³/mol. The molecule has 0 aromatic heterocycles. The van der Waals surface area contributed by atoms with Crippen LogP contribution in [0.3, 0.4) is 0 Å². The lowest BCUT2D eigenvalue weighted by Crippen LogP contribution is -2.51. The Morgan fingerprint density at radius 3 is 2.42 bits per heavy atom. The molecular formula is C13H25N3O3. The number of ether oxygens (including phenoxy) is 1. The van der Waals surface area contributed by atoms with E-state index in [1.54, 1.807) is 0 Å². The molecule has 3 atom stereocenters. The molecule has 1 rings (SSSR count). The second-order valence-corrected chi connectivity index (χ2v) is 5.28. The van der Waals surface area contributed by atoms with Gasteiger partial charge >= 0.3 is 6.03 Å². The summed E-state index contributed by atoms with van der Waals surface area (Å²) in [5.74, 6) is -0.276. The van der Waals surface area contributed by atoms with Crippen molar-refractivity contribution in [1.29, 1.82) is 0 Å². The van der Waals surface area contributed by atoms with Crippen LogP contribution < -0.4 is 10.6 Å². The van der Waals surface area contributed by atoms with Crippen molar-refractivity contribution >= 4 is 11.9 Å². The number of hydrogen-bond acceptors (Lipinski definition) is 4. The highest BCUT2D eigenvalue weighted by Gasteiger charge is 2.24. The van der Waals surface area contributed by atoms with Crippen LogP contribution in [0.4, 0.5) is 4.79 Å². The third-order valence-corrected chi connectivity index (χ3v) is 3.11. The molecule has 1 aliphatic heterocycles. The van der Waals surface area contributed by atoms with E-state index in [1.807, 2.05) is 32.6 Å². The predicted octanol–water partition coefficient (Wildman–Crippen LogP) is 0.720. The van der Waals surface area contributed by atoms with Gasteiger partial charge in [0.05, 0.1) is 18.8 Å². The van der Waals surface area contributed by atoms with Gasteiger partial charge in [-0.2, -0.15) is 0 Å². The molecule has 0 aliphatic carbocycles. The highest BCUT2D eigenvalue weighted by Crippen LogP contribution is 2.09. The summed E-state index contributed by atoms with van der Waals surface area (Å²) in [5, 5.41) is 5.05. The van der Waals surface area contributed by atoms with Gasteiger partial charge in [-0.05, 0) is 27.2 Å². The largest absolute Gasteiger partial charge is 0.373 e. The molecule has 0 aromatic rings. The van der Waals surface area contributed by atoms with E-state index < -0.39 is 6.03 Å². The molecule has 0 saturated carbocycles. The Morgan fingerprint density at radius 1 is 1.32 bits per heavy atom. The summed E-state index contributed by atoms with van der Waals surface area (Å²) in [4.78, 5) is 25.3. The first-order chi connectivity index (χ1) is 8.90. The van der Waals surface area contributed by atoms with Crippen molar-refractivity contribution in [3.8, 4) is 0 Å². The van der Waals surface area contributed by atoms with Gasteiger partial charge in [-0.3, -0.25) is 15.0 Å². The maximum atomic E-state index is 11.8. The highest BCUT2D eigenvalue weighted by atomic mass is 16.5. The molecule has 1 aliphatic rings. The molecule has 19 heavy (non-hydrogen) atoms. The molecule has 110 valence electrons. The van der Waals surface area contributed by atoms with Crippen molar-refractivity contribution in [3.05, 3.63) is 0 Å². The van der Waals surface area contributed by atoms with Gasteiger partial charge in [-0.15, -0.1) is 0 Å². The third kappa shape index (κ3) is 6.02. The minimum atomic E-state index is -0.422.